The van der Waals surface area contributed by atoms with E-state index in [0.29, 0.717) is 23.3 Å². The maximum Gasteiger partial charge on any atom is 0.337 e. The average Bonchev–Trinajstić information content (AvgIpc) is 3.45. The lowest BCUT2D eigenvalue weighted by molar-refractivity contribution is -0.113. The number of hydrogen-bond acceptors (Lipinski definition) is 9. The number of benzene rings is 1. The number of furan rings is 1. The van der Waals surface area contributed by atoms with Gasteiger partial charge in [-0.25, -0.2) is 9.59 Å². The van der Waals surface area contributed by atoms with E-state index in [1.54, 1.807) is 18.4 Å². The van der Waals surface area contributed by atoms with Crippen molar-refractivity contribution in [1.82, 2.24) is 14.8 Å². The van der Waals surface area contributed by atoms with Crippen molar-refractivity contribution in [3.05, 3.63) is 47.7 Å². The molecule has 0 unspecified atom stereocenters. The highest BCUT2D eigenvalue weighted by atomic mass is 32.2. The van der Waals surface area contributed by atoms with Crippen LogP contribution in [0, 0.1) is 0 Å². The smallest absolute Gasteiger partial charge is 0.337 e. The number of aromatic nitrogens is 3. The van der Waals surface area contributed by atoms with E-state index in [1.165, 1.54) is 44.2 Å². The Balaban J connectivity index is 1.73. The Morgan fingerprint density at radius 1 is 1.10 bits per heavy atom. The van der Waals surface area contributed by atoms with Gasteiger partial charge in [0, 0.05) is 12.2 Å². The molecule has 1 N–H and O–H groups in total. The molecule has 0 spiro atoms. The summed E-state index contributed by atoms with van der Waals surface area (Å²) in [6.45, 7) is 2.53. The first-order valence-corrected chi connectivity index (χ1v) is 10.2. The normalized spacial score (nSPS) is 10.5. The molecule has 162 valence electrons. The second kappa shape index (κ2) is 9.94. The molecule has 3 aromatic rings. The van der Waals surface area contributed by atoms with Gasteiger partial charge in [-0.3, -0.25) is 9.36 Å². The summed E-state index contributed by atoms with van der Waals surface area (Å²) >= 11 is 1.20. The minimum Gasteiger partial charge on any atom is -0.465 e. The zero-order chi connectivity index (χ0) is 22.4. The van der Waals surface area contributed by atoms with Gasteiger partial charge in [-0.2, -0.15) is 0 Å². The van der Waals surface area contributed by atoms with Crippen molar-refractivity contribution in [2.75, 3.05) is 25.3 Å². The second-order valence-corrected chi connectivity index (χ2v) is 7.09. The van der Waals surface area contributed by atoms with Gasteiger partial charge in [0.2, 0.25) is 5.91 Å². The predicted molar refractivity (Wildman–Crippen MR) is 112 cm³/mol. The first kappa shape index (κ1) is 22.1. The fourth-order valence-corrected chi connectivity index (χ4v) is 3.57. The molecule has 2 aromatic heterocycles. The minimum absolute atomic E-state index is 0.0340. The zero-order valence-corrected chi connectivity index (χ0v) is 17.9. The number of anilines is 1. The van der Waals surface area contributed by atoms with Crippen LogP contribution in [-0.2, 0) is 20.8 Å². The van der Waals surface area contributed by atoms with Crippen molar-refractivity contribution in [2.24, 2.45) is 0 Å². The summed E-state index contributed by atoms with van der Waals surface area (Å²) < 4.78 is 16.6. The maximum atomic E-state index is 12.5. The molecule has 0 radical (unpaired) electrons. The van der Waals surface area contributed by atoms with Gasteiger partial charge in [-0.1, -0.05) is 11.8 Å². The summed E-state index contributed by atoms with van der Waals surface area (Å²) in [6, 6.07) is 7.72. The molecule has 1 aromatic carbocycles. The lowest BCUT2D eigenvalue weighted by Gasteiger charge is -2.10. The Labute approximate surface area is 181 Å². The average molecular weight is 444 g/mol. The number of carbonyl (C=O) groups is 3. The maximum absolute atomic E-state index is 12.5. The fraction of sp³-hybridized carbons (Fsp3) is 0.250. The van der Waals surface area contributed by atoms with Crippen molar-refractivity contribution in [2.45, 2.75) is 18.6 Å². The van der Waals surface area contributed by atoms with Crippen LogP contribution in [0.5, 0.6) is 0 Å². The lowest BCUT2D eigenvalue weighted by atomic mass is 10.1. The van der Waals surface area contributed by atoms with E-state index in [9.17, 15) is 14.4 Å². The van der Waals surface area contributed by atoms with Crippen LogP contribution in [0.15, 0.2) is 46.2 Å². The molecule has 0 atom stereocenters. The fourth-order valence-electron chi connectivity index (χ4n) is 2.77. The number of methoxy groups -OCH3 is 2. The summed E-state index contributed by atoms with van der Waals surface area (Å²) in [5.41, 5.74) is 0.492. The van der Waals surface area contributed by atoms with E-state index < -0.39 is 11.9 Å². The number of amides is 1. The Hall–Kier alpha value is -3.60. The van der Waals surface area contributed by atoms with Crippen molar-refractivity contribution in [3.8, 4) is 11.6 Å². The highest BCUT2D eigenvalue weighted by molar-refractivity contribution is 7.99. The van der Waals surface area contributed by atoms with Crippen LogP contribution in [-0.4, -0.2) is 52.6 Å². The number of nitrogens with zero attached hydrogens (tertiary/aromatic N) is 3. The topological polar surface area (TPSA) is 126 Å². The van der Waals surface area contributed by atoms with Gasteiger partial charge in [-0.05, 0) is 37.3 Å². The lowest BCUT2D eigenvalue weighted by Crippen LogP contribution is -2.16. The zero-order valence-electron chi connectivity index (χ0n) is 17.1. The third kappa shape index (κ3) is 5.12. The van der Waals surface area contributed by atoms with E-state index >= 15 is 0 Å². The molecule has 0 fully saturated rings. The van der Waals surface area contributed by atoms with Crippen LogP contribution >= 0.6 is 11.8 Å². The van der Waals surface area contributed by atoms with Gasteiger partial charge in [-0.15, -0.1) is 10.2 Å². The number of hydrogen-bond donors (Lipinski definition) is 1. The molecular weight excluding hydrogens is 424 g/mol. The van der Waals surface area contributed by atoms with Crippen LogP contribution in [0.3, 0.4) is 0 Å². The summed E-state index contributed by atoms with van der Waals surface area (Å²) in [5.74, 6) is -0.446. The van der Waals surface area contributed by atoms with Crippen LogP contribution < -0.4 is 5.32 Å². The Morgan fingerprint density at radius 3 is 2.32 bits per heavy atom. The molecule has 1 amide bonds. The third-order valence-corrected chi connectivity index (χ3v) is 5.13. The number of carbonyl (C=O) groups excluding carboxylic acids is 3. The van der Waals surface area contributed by atoms with E-state index in [0.717, 1.165) is 0 Å². The van der Waals surface area contributed by atoms with E-state index in [-0.39, 0.29) is 28.5 Å². The SMILES string of the molecule is CCn1c(SCC(=O)Nc2cc(C(=O)OC)cc(C(=O)OC)c2)nnc1-c1ccco1. The molecule has 2 heterocycles. The molecule has 3 rings (SSSR count). The highest BCUT2D eigenvalue weighted by Gasteiger charge is 2.18. The molecule has 0 bridgehead atoms. The molecule has 0 aliphatic carbocycles. The van der Waals surface area contributed by atoms with E-state index in [1.807, 2.05) is 11.5 Å². The molecule has 0 aliphatic rings. The first-order chi connectivity index (χ1) is 15.0. The summed E-state index contributed by atoms with van der Waals surface area (Å²) in [7, 11) is 2.45. The van der Waals surface area contributed by atoms with Gasteiger partial charge in [0.05, 0.1) is 37.4 Å². The van der Waals surface area contributed by atoms with Crippen LogP contribution in [0.4, 0.5) is 5.69 Å². The van der Waals surface area contributed by atoms with Crippen molar-refractivity contribution in [3.63, 3.8) is 0 Å². The molecule has 31 heavy (non-hydrogen) atoms. The van der Waals surface area contributed by atoms with E-state index in [4.69, 9.17) is 13.9 Å². The summed E-state index contributed by atoms with van der Waals surface area (Å²) in [4.78, 5) is 36.2. The van der Waals surface area contributed by atoms with Gasteiger partial charge in [0.15, 0.2) is 16.7 Å². The molecule has 0 saturated heterocycles. The number of esters is 2. The molecule has 11 heteroatoms. The van der Waals surface area contributed by atoms with Crippen molar-refractivity contribution >= 4 is 35.3 Å². The van der Waals surface area contributed by atoms with Crippen LogP contribution in [0.2, 0.25) is 0 Å². The predicted octanol–water partition coefficient (Wildman–Crippen LogP) is 2.86. The molecule has 0 saturated carbocycles. The number of nitrogens with one attached hydrogen (secondary N) is 1. The Morgan fingerprint density at radius 2 is 1.77 bits per heavy atom. The highest BCUT2D eigenvalue weighted by Crippen LogP contribution is 2.24. The van der Waals surface area contributed by atoms with Crippen molar-refractivity contribution < 1.29 is 28.3 Å². The van der Waals surface area contributed by atoms with E-state index in [2.05, 4.69) is 15.5 Å². The Bertz CT molecular complexity index is 1060. The Kier molecular flexibility index (Phi) is 7.08. The number of ether oxygens (including phenoxy) is 2. The standard InChI is InChI=1S/C20H20N4O6S/c1-4-24-17(15-6-5-7-30-15)22-23-20(24)31-11-16(25)21-14-9-12(18(26)28-2)8-13(10-14)19(27)29-3/h5-10H,4,11H2,1-3H3,(H,21,25). The quantitative estimate of drug-likeness (QED) is 0.412. The van der Waals surface area contributed by atoms with Gasteiger partial charge in [0.25, 0.3) is 0 Å². The monoisotopic (exact) mass is 444 g/mol. The second-order valence-electron chi connectivity index (χ2n) is 6.15. The van der Waals surface area contributed by atoms with Gasteiger partial charge >= 0.3 is 11.9 Å². The largest absolute Gasteiger partial charge is 0.465 e. The number of rotatable bonds is 8. The van der Waals surface area contributed by atoms with Crippen molar-refractivity contribution in [1.29, 1.82) is 0 Å². The number of thioether (sulfide) groups is 1. The first-order valence-electron chi connectivity index (χ1n) is 9.18. The van der Waals surface area contributed by atoms with Crippen LogP contribution in [0.1, 0.15) is 27.6 Å². The van der Waals surface area contributed by atoms with Gasteiger partial charge < -0.3 is 19.2 Å². The van der Waals surface area contributed by atoms with Crippen LogP contribution in [0.25, 0.3) is 11.6 Å². The summed E-state index contributed by atoms with van der Waals surface area (Å²) in [5, 5.41) is 11.5. The minimum atomic E-state index is -0.642. The third-order valence-electron chi connectivity index (χ3n) is 4.17. The molecular formula is C20H20N4O6S. The summed E-state index contributed by atoms with van der Waals surface area (Å²) in [6.07, 6.45) is 1.55. The van der Waals surface area contributed by atoms with Gasteiger partial charge in [0.1, 0.15) is 0 Å². The molecule has 0 aliphatic heterocycles. The molecule has 10 nitrogen and oxygen atoms in total.